The number of nitro groups is 1. The largest absolute Gasteiger partial charge is 0.377 e. The van der Waals surface area contributed by atoms with Gasteiger partial charge in [-0.25, -0.2) is 4.98 Å². The number of hydrogen-bond donors (Lipinski definition) is 1. The van der Waals surface area contributed by atoms with E-state index in [-0.39, 0.29) is 5.69 Å². The van der Waals surface area contributed by atoms with Crippen molar-refractivity contribution in [2.24, 2.45) is 0 Å². The molecule has 88 valence electrons. The second-order valence-corrected chi connectivity index (χ2v) is 3.34. The highest BCUT2D eigenvalue weighted by Gasteiger charge is 2.08. The van der Waals surface area contributed by atoms with E-state index in [1.165, 1.54) is 12.1 Å². The van der Waals surface area contributed by atoms with E-state index in [9.17, 15) is 10.1 Å². The van der Waals surface area contributed by atoms with Crippen molar-refractivity contribution in [3.8, 4) is 11.4 Å². The molecular weight excluding hydrogens is 224 g/mol. The number of H-pyrrole nitrogens is 1. The van der Waals surface area contributed by atoms with Crippen molar-refractivity contribution < 1.29 is 9.66 Å². The molecule has 0 amide bonds. The number of nitrogens with one attached hydrogen (secondary N) is 1. The summed E-state index contributed by atoms with van der Waals surface area (Å²) in [7, 11) is 1.56. The Labute approximate surface area is 96.6 Å². The number of ether oxygens (including phenoxy) is 1. The zero-order chi connectivity index (χ0) is 12.3. The van der Waals surface area contributed by atoms with Crippen LogP contribution < -0.4 is 0 Å². The van der Waals surface area contributed by atoms with E-state index in [0.717, 1.165) is 0 Å². The molecule has 0 fully saturated rings. The van der Waals surface area contributed by atoms with Crippen molar-refractivity contribution in [1.29, 1.82) is 0 Å². The average Bonchev–Trinajstić information content (AvgIpc) is 2.78. The molecule has 0 saturated heterocycles. The molecule has 0 atom stereocenters. The number of benzene rings is 1. The van der Waals surface area contributed by atoms with Gasteiger partial charge in [0.2, 0.25) is 0 Å². The van der Waals surface area contributed by atoms with Crippen molar-refractivity contribution >= 4 is 5.69 Å². The van der Waals surface area contributed by atoms with E-state index in [1.807, 2.05) is 0 Å². The van der Waals surface area contributed by atoms with Gasteiger partial charge in [0, 0.05) is 24.8 Å². The van der Waals surface area contributed by atoms with Crippen molar-refractivity contribution in [1.82, 2.24) is 15.2 Å². The van der Waals surface area contributed by atoms with Gasteiger partial charge in [-0.1, -0.05) is 0 Å². The van der Waals surface area contributed by atoms with Gasteiger partial charge in [-0.15, -0.1) is 0 Å². The molecule has 0 spiro atoms. The van der Waals surface area contributed by atoms with Crippen LogP contribution in [0.15, 0.2) is 24.3 Å². The van der Waals surface area contributed by atoms with Crippen molar-refractivity contribution in [2.75, 3.05) is 7.11 Å². The third-order valence-corrected chi connectivity index (χ3v) is 2.15. The molecule has 0 aliphatic rings. The highest BCUT2D eigenvalue weighted by atomic mass is 16.6. The molecule has 0 radical (unpaired) electrons. The second kappa shape index (κ2) is 4.71. The summed E-state index contributed by atoms with van der Waals surface area (Å²) in [6.07, 6.45) is 0. The third-order valence-electron chi connectivity index (χ3n) is 2.15. The number of nitrogens with zero attached hydrogens (tertiary/aromatic N) is 3. The smallest absolute Gasteiger partial charge is 0.269 e. The van der Waals surface area contributed by atoms with Crippen LogP contribution in [0.5, 0.6) is 0 Å². The summed E-state index contributed by atoms with van der Waals surface area (Å²) in [4.78, 5) is 14.2. The Hall–Kier alpha value is -2.28. The Kier molecular flexibility index (Phi) is 3.10. The average molecular weight is 234 g/mol. The van der Waals surface area contributed by atoms with E-state index < -0.39 is 4.92 Å². The number of hydrogen-bond acceptors (Lipinski definition) is 5. The van der Waals surface area contributed by atoms with Crippen molar-refractivity contribution in [3.05, 3.63) is 40.2 Å². The maximum absolute atomic E-state index is 10.5. The maximum atomic E-state index is 10.5. The van der Waals surface area contributed by atoms with E-state index in [2.05, 4.69) is 15.2 Å². The molecule has 2 aromatic rings. The second-order valence-electron chi connectivity index (χ2n) is 3.34. The van der Waals surface area contributed by atoms with Gasteiger partial charge in [0.05, 0.1) is 4.92 Å². The predicted molar refractivity (Wildman–Crippen MR) is 59.2 cm³/mol. The number of nitro benzene ring substituents is 1. The fourth-order valence-electron chi connectivity index (χ4n) is 1.36. The summed E-state index contributed by atoms with van der Waals surface area (Å²) in [5.41, 5.74) is 0.760. The molecule has 0 saturated carbocycles. The molecule has 7 heteroatoms. The number of non-ortho nitro benzene ring substituents is 1. The quantitative estimate of drug-likeness (QED) is 0.639. The van der Waals surface area contributed by atoms with Crippen LogP contribution in [0.3, 0.4) is 0 Å². The Morgan fingerprint density at radius 3 is 2.71 bits per heavy atom. The first kappa shape index (κ1) is 11.2. The Balaban J connectivity index is 2.23. The van der Waals surface area contributed by atoms with Crippen molar-refractivity contribution in [2.45, 2.75) is 6.61 Å². The summed E-state index contributed by atoms with van der Waals surface area (Å²) in [6, 6.07) is 6.05. The molecule has 1 N–H and O–H groups in total. The Morgan fingerprint density at radius 1 is 1.41 bits per heavy atom. The number of rotatable bonds is 4. The normalized spacial score (nSPS) is 10.4. The van der Waals surface area contributed by atoms with Crippen LogP contribution in [-0.4, -0.2) is 27.2 Å². The standard InChI is InChI=1S/C10H10N4O3/c1-17-6-9-11-10(13-12-9)7-2-4-8(5-3-7)14(15)16/h2-5H,6H2,1H3,(H,11,12,13). The molecule has 0 aliphatic heterocycles. The molecule has 17 heavy (non-hydrogen) atoms. The monoisotopic (exact) mass is 234 g/mol. The fraction of sp³-hybridized carbons (Fsp3) is 0.200. The molecule has 1 aromatic heterocycles. The molecule has 1 heterocycles. The maximum Gasteiger partial charge on any atom is 0.269 e. The minimum Gasteiger partial charge on any atom is -0.377 e. The van der Waals surface area contributed by atoms with E-state index in [1.54, 1.807) is 19.2 Å². The predicted octanol–water partition coefficient (Wildman–Crippen LogP) is 1.53. The first-order chi connectivity index (χ1) is 8.20. The number of methoxy groups -OCH3 is 1. The van der Waals surface area contributed by atoms with Crippen LogP contribution in [0, 0.1) is 10.1 Å². The summed E-state index contributed by atoms with van der Waals surface area (Å²) in [5, 5.41) is 17.2. The Morgan fingerprint density at radius 2 is 2.12 bits per heavy atom. The molecule has 7 nitrogen and oxygen atoms in total. The van der Waals surface area contributed by atoms with E-state index in [0.29, 0.717) is 23.8 Å². The van der Waals surface area contributed by atoms with Gasteiger partial charge < -0.3 is 4.74 Å². The minimum atomic E-state index is -0.446. The summed E-state index contributed by atoms with van der Waals surface area (Å²) in [5.74, 6) is 1.10. The van der Waals surface area contributed by atoms with Crippen LogP contribution in [0.1, 0.15) is 5.82 Å². The first-order valence-electron chi connectivity index (χ1n) is 4.86. The Bertz CT molecular complexity index is 521. The number of aromatic nitrogens is 3. The SMILES string of the molecule is COCc1nc(-c2ccc([N+](=O)[O-])cc2)n[nH]1. The van der Waals surface area contributed by atoms with Crippen LogP contribution in [0.4, 0.5) is 5.69 Å². The highest BCUT2D eigenvalue weighted by Crippen LogP contribution is 2.19. The van der Waals surface area contributed by atoms with Crippen LogP contribution in [0.2, 0.25) is 0 Å². The number of aromatic amines is 1. The molecule has 0 bridgehead atoms. The van der Waals surface area contributed by atoms with Gasteiger partial charge in [-0.2, -0.15) is 5.10 Å². The topological polar surface area (TPSA) is 93.9 Å². The van der Waals surface area contributed by atoms with Crippen molar-refractivity contribution in [3.63, 3.8) is 0 Å². The zero-order valence-corrected chi connectivity index (χ0v) is 9.08. The minimum absolute atomic E-state index is 0.0430. The summed E-state index contributed by atoms with van der Waals surface area (Å²) in [6.45, 7) is 0.347. The molecular formula is C10H10N4O3. The fourth-order valence-corrected chi connectivity index (χ4v) is 1.36. The van der Waals surface area contributed by atoms with Crippen LogP contribution in [-0.2, 0) is 11.3 Å². The zero-order valence-electron chi connectivity index (χ0n) is 9.08. The van der Waals surface area contributed by atoms with Gasteiger partial charge in [-0.05, 0) is 12.1 Å². The first-order valence-corrected chi connectivity index (χ1v) is 4.86. The molecule has 1 aromatic carbocycles. The summed E-state index contributed by atoms with van der Waals surface area (Å²) < 4.78 is 4.90. The van der Waals surface area contributed by atoms with E-state index >= 15 is 0 Å². The van der Waals surface area contributed by atoms with E-state index in [4.69, 9.17) is 4.74 Å². The van der Waals surface area contributed by atoms with Gasteiger partial charge >= 0.3 is 0 Å². The molecule has 2 rings (SSSR count). The van der Waals surface area contributed by atoms with Gasteiger partial charge in [-0.3, -0.25) is 15.2 Å². The highest BCUT2D eigenvalue weighted by molar-refractivity contribution is 5.56. The molecule has 0 unspecified atom stereocenters. The van der Waals surface area contributed by atoms with Crippen LogP contribution in [0.25, 0.3) is 11.4 Å². The van der Waals surface area contributed by atoms with Gasteiger partial charge in [0.1, 0.15) is 6.61 Å². The lowest BCUT2D eigenvalue weighted by atomic mass is 10.2. The van der Waals surface area contributed by atoms with Gasteiger partial charge in [0.25, 0.3) is 5.69 Å². The van der Waals surface area contributed by atoms with Crippen LogP contribution >= 0.6 is 0 Å². The van der Waals surface area contributed by atoms with Gasteiger partial charge in [0.15, 0.2) is 11.6 Å². The lowest BCUT2D eigenvalue weighted by Gasteiger charge is -1.94. The third kappa shape index (κ3) is 2.45. The summed E-state index contributed by atoms with van der Waals surface area (Å²) >= 11 is 0. The lowest BCUT2D eigenvalue weighted by Crippen LogP contribution is -1.89. The molecule has 0 aliphatic carbocycles. The lowest BCUT2D eigenvalue weighted by molar-refractivity contribution is -0.384.